The Labute approximate surface area is 127 Å². The third kappa shape index (κ3) is 3.44. The Hall–Kier alpha value is -1.71. The van der Waals surface area contributed by atoms with E-state index in [1.54, 1.807) is 36.4 Å². The molecule has 0 saturated carbocycles. The Balaban J connectivity index is 2.16. The molecule has 0 amide bonds. The highest BCUT2D eigenvalue weighted by molar-refractivity contribution is 6.33. The zero-order chi connectivity index (χ0) is 14.7. The zero-order valence-corrected chi connectivity index (χ0v) is 12.2. The molecule has 20 heavy (non-hydrogen) atoms. The van der Waals surface area contributed by atoms with Gasteiger partial charge in [-0.25, -0.2) is 4.79 Å². The normalized spacial score (nSPS) is 11.9. The van der Waals surface area contributed by atoms with Gasteiger partial charge in [0.05, 0.1) is 11.6 Å². The van der Waals surface area contributed by atoms with Crippen molar-refractivity contribution in [2.75, 3.05) is 5.32 Å². The highest BCUT2D eigenvalue weighted by Gasteiger charge is 2.10. The van der Waals surface area contributed by atoms with E-state index in [9.17, 15) is 4.79 Å². The predicted octanol–water partition coefficient (Wildman–Crippen LogP) is 4.86. The molecule has 0 bridgehead atoms. The van der Waals surface area contributed by atoms with Gasteiger partial charge in [-0.05, 0) is 55.0 Å². The molecule has 1 unspecified atom stereocenters. The molecule has 2 aromatic rings. The van der Waals surface area contributed by atoms with E-state index in [1.165, 1.54) is 0 Å². The lowest BCUT2D eigenvalue weighted by Gasteiger charge is -2.17. The van der Waals surface area contributed by atoms with E-state index in [-0.39, 0.29) is 11.6 Å². The molecule has 0 aliphatic rings. The van der Waals surface area contributed by atoms with Crippen LogP contribution in [-0.2, 0) is 0 Å². The summed E-state index contributed by atoms with van der Waals surface area (Å²) in [6, 6.07) is 11.8. The number of carbonyl (C=O) groups is 1. The van der Waals surface area contributed by atoms with Crippen LogP contribution in [0, 0.1) is 0 Å². The second kappa shape index (κ2) is 6.16. The molecule has 104 valence electrons. The topological polar surface area (TPSA) is 49.3 Å². The van der Waals surface area contributed by atoms with Crippen molar-refractivity contribution in [3.8, 4) is 0 Å². The first-order valence-electron chi connectivity index (χ1n) is 6.02. The summed E-state index contributed by atoms with van der Waals surface area (Å²) in [6.45, 7) is 1.96. The standard InChI is InChI=1S/C15H13Cl2NO2/c1-9(13-8-11(16)4-7-14(13)17)18-12-5-2-10(3-6-12)15(19)20/h2-9,18H,1H3,(H,19,20). The SMILES string of the molecule is CC(Nc1ccc(C(=O)O)cc1)c1cc(Cl)ccc1Cl. The number of halogens is 2. The summed E-state index contributed by atoms with van der Waals surface area (Å²) in [5.41, 5.74) is 1.96. The maximum atomic E-state index is 10.8. The zero-order valence-electron chi connectivity index (χ0n) is 10.7. The van der Waals surface area contributed by atoms with Crippen LogP contribution >= 0.6 is 23.2 Å². The highest BCUT2D eigenvalue weighted by Crippen LogP contribution is 2.28. The van der Waals surface area contributed by atoms with Crippen molar-refractivity contribution >= 4 is 34.9 Å². The lowest BCUT2D eigenvalue weighted by Crippen LogP contribution is -2.07. The van der Waals surface area contributed by atoms with Crippen LogP contribution in [-0.4, -0.2) is 11.1 Å². The molecule has 0 aromatic heterocycles. The largest absolute Gasteiger partial charge is 0.478 e. The van der Waals surface area contributed by atoms with Crippen LogP contribution in [0.1, 0.15) is 28.9 Å². The van der Waals surface area contributed by atoms with Crippen molar-refractivity contribution in [1.82, 2.24) is 0 Å². The molecule has 5 heteroatoms. The number of hydrogen-bond acceptors (Lipinski definition) is 2. The summed E-state index contributed by atoms with van der Waals surface area (Å²) in [4.78, 5) is 10.8. The Bertz CT molecular complexity index is 626. The number of hydrogen-bond donors (Lipinski definition) is 2. The molecule has 0 heterocycles. The molecule has 0 spiro atoms. The average Bonchev–Trinajstić information content (AvgIpc) is 2.42. The third-order valence-electron chi connectivity index (χ3n) is 2.94. The average molecular weight is 310 g/mol. The summed E-state index contributed by atoms with van der Waals surface area (Å²) >= 11 is 12.1. The van der Waals surface area contributed by atoms with Crippen molar-refractivity contribution in [2.45, 2.75) is 13.0 Å². The molecule has 0 aliphatic heterocycles. The van der Waals surface area contributed by atoms with Crippen LogP contribution in [0.2, 0.25) is 10.0 Å². The van der Waals surface area contributed by atoms with E-state index in [0.29, 0.717) is 10.0 Å². The molecule has 2 aromatic carbocycles. The van der Waals surface area contributed by atoms with Crippen LogP contribution in [0.4, 0.5) is 5.69 Å². The Morgan fingerprint density at radius 1 is 1.15 bits per heavy atom. The van der Waals surface area contributed by atoms with Gasteiger partial charge < -0.3 is 10.4 Å². The minimum absolute atomic E-state index is 0.0446. The monoisotopic (exact) mass is 309 g/mol. The summed E-state index contributed by atoms with van der Waals surface area (Å²) in [5, 5.41) is 13.4. The molecule has 1 atom stereocenters. The van der Waals surface area contributed by atoms with Gasteiger partial charge in [-0.15, -0.1) is 0 Å². The lowest BCUT2D eigenvalue weighted by atomic mass is 10.1. The number of rotatable bonds is 4. The summed E-state index contributed by atoms with van der Waals surface area (Å²) in [5.74, 6) is -0.942. The summed E-state index contributed by atoms with van der Waals surface area (Å²) < 4.78 is 0. The van der Waals surface area contributed by atoms with Crippen LogP contribution in [0.3, 0.4) is 0 Å². The predicted molar refractivity (Wildman–Crippen MR) is 81.9 cm³/mol. The van der Waals surface area contributed by atoms with Gasteiger partial charge in [0, 0.05) is 15.7 Å². The van der Waals surface area contributed by atoms with Gasteiger partial charge in [-0.2, -0.15) is 0 Å². The molecular weight excluding hydrogens is 297 g/mol. The second-order valence-electron chi connectivity index (χ2n) is 4.41. The van der Waals surface area contributed by atoms with E-state index in [1.807, 2.05) is 13.0 Å². The quantitative estimate of drug-likeness (QED) is 0.847. The number of carboxylic acids is 1. The van der Waals surface area contributed by atoms with E-state index in [4.69, 9.17) is 28.3 Å². The van der Waals surface area contributed by atoms with Gasteiger partial charge in [0.25, 0.3) is 0 Å². The van der Waals surface area contributed by atoms with Crippen LogP contribution in [0.25, 0.3) is 0 Å². The minimum atomic E-state index is -0.942. The van der Waals surface area contributed by atoms with Gasteiger partial charge in [-0.3, -0.25) is 0 Å². The van der Waals surface area contributed by atoms with Crippen molar-refractivity contribution in [3.05, 3.63) is 63.6 Å². The first-order chi connectivity index (χ1) is 9.47. The number of aromatic carboxylic acids is 1. The minimum Gasteiger partial charge on any atom is -0.478 e. The van der Waals surface area contributed by atoms with Crippen molar-refractivity contribution < 1.29 is 9.90 Å². The van der Waals surface area contributed by atoms with E-state index >= 15 is 0 Å². The first kappa shape index (κ1) is 14.7. The van der Waals surface area contributed by atoms with Gasteiger partial charge in [-0.1, -0.05) is 23.2 Å². The number of carboxylic acid groups (broad SMARTS) is 1. The molecule has 2 rings (SSSR count). The molecule has 0 saturated heterocycles. The van der Waals surface area contributed by atoms with Gasteiger partial charge in [0.15, 0.2) is 0 Å². The smallest absolute Gasteiger partial charge is 0.335 e. The van der Waals surface area contributed by atoms with Crippen LogP contribution < -0.4 is 5.32 Å². The third-order valence-corrected chi connectivity index (χ3v) is 3.52. The fourth-order valence-electron chi connectivity index (χ4n) is 1.88. The van der Waals surface area contributed by atoms with Crippen LogP contribution in [0.5, 0.6) is 0 Å². The Morgan fingerprint density at radius 2 is 1.80 bits per heavy atom. The number of nitrogens with one attached hydrogen (secondary N) is 1. The Kier molecular flexibility index (Phi) is 4.53. The fourth-order valence-corrected chi connectivity index (χ4v) is 2.34. The van der Waals surface area contributed by atoms with Crippen molar-refractivity contribution in [2.24, 2.45) is 0 Å². The molecule has 0 aliphatic carbocycles. The molecule has 0 fully saturated rings. The molecule has 0 radical (unpaired) electrons. The van der Waals surface area contributed by atoms with E-state index < -0.39 is 5.97 Å². The maximum absolute atomic E-state index is 10.8. The molecule has 2 N–H and O–H groups in total. The van der Waals surface area contributed by atoms with Gasteiger partial charge >= 0.3 is 5.97 Å². The summed E-state index contributed by atoms with van der Waals surface area (Å²) in [7, 11) is 0. The molecule has 3 nitrogen and oxygen atoms in total. The van der Waals surface area contributed by atoms with E-state index in [0.717, 1.165) is 11.3 Å². The summed E-state index contributed by atoms with van der Waals surface area (Å²) in [6.07, 6.45) is 0. The van der Waals surface area contributed by atoms with E-state index in [2.05, 4.69) is 5.32 Å². The Morgan fingerprint density at radius 3 is 2.40 bits per heavy atom. The highest BCUT2D eigenvalue weighted by atomic mass is 35.5. The second-order valence-corrected chi connectivity index (χ2v) is 5.26. The number of anilines is 1. The number of benzene rings is 2. The van der Waals surface area contributed by atoms with Gasteiger partial charge in [0.1, 0.15) is 0 Å². The van der Waals surface area contributed by atoms with Crippen LogP contribution in [0.15, 0.2) is 42.5 Å². The van der Waals surface area contributed by atoms with Gasteiger partial charge in [0.2, 0.25) is 0 Å². The fraction of sp³-hybridized carbons (Fsp3) is 0.133. The van der Waals surface area contributed by atoms with Crippen molar-refractivity contribution in [3.63, 3.8) is 0 Å². The van der Waals surface area contributed by atoms with Crippen molar-refractivity contribution in [1.29, 1.82) is 0 Å². The molecular formula is C15H13Cl2NO2. The lowest BCUT2D eigenvalue weighted by molar-refractivity contribution is 0.0697. The first-order valence-corrected chi connectivity index (χ1v) is 6.78. The maximum Gasteiger partial charge on any atom is 0.335 e.